The number of carbonyl (C=O) groups excluding carboxylic acids is 1. The first-order valence-electron chi connectivity index (χ1n) is 8.23. The Bertz CT molecular complexity index is 631. The fourth-order valence-electron chi connectivity index (χ4n) is 2.82. The lowest BCUT2D eigenvalue weighted by Gasteiger charge is -2.21. The Labute approximate surface area is 181 Å². The Kier molecular flexibility index (Phi) is 10.6. The van der Waals surface area contributed by atoms with E-state index >= 15 is 0 Å². The maximum absolute atomic E-state index is 12.1. The molecule has 2 rings (SSSR count). The second-order valence-electron chi connectivity index (χ2n) is 5.91. The molecule has 1 aromatic carbocycles. The van der Waals surface area contributed by atoms with Gasteiger partial charge < -0.3 is 20.3 Å². The topological polar surface area (TPSA) is 66.0 Å². The van der Waals surface area contributed by atoms with Crippen LogP contribution >= 0.6 is 47.2 Å². The van der Waals surface area contributed by atoms with Gasteiger partial charge in [-0.1, -0.05) is 23.2 Å². The Hall–Kier alpha value is -0.770. The molecule has 1 saturated heterocycles. The molecule has 0 bridgehead atoms. The molecule has 1 unspecified atom stereocenters. The van der Waals surface area contributed by atoms with Crippen molar-refractivity contribution in [2.24, 2.45) is 10.9 Å². The number of aliphatic imine (C=N–C) groups is 1. The number of hydrogen-bond donors (Lipinski definition) is 2. The van der Waals surface area contributed by atoms with Crippen molar-refractivity contribution in [2.75, 3.05) is 46.9 Å². The molecule has 0 aromatic heterocycles. The zero-order valence-electron chi connectivity index (χ0n) is 14.9. The predicted octanol–water partition coefficient (Wildman–Crippen LogP) is 2.88. The fraction of sp³-hybridized carbons (Fsp3) is 0.529. The third kappa shape index (κ3) is 6.75. The van der Waals surface area contributed by atoms with Crippen molar-refractivity contribution < 1.29 is 9.53 Å². The van der Waals surface area contributed by atoms with Crippen LogP contribution in [-0.2, 0) is 4.74 Å². The van der Waals surface area contributed by atoms with Crippen LogP contribution in [0.3, 0.4) is 0 Å². The summed E-state index contributed by atoms with van der Waals surface area (Å²) >= 11 is 11.8. The number of likely N-dealkylation sites (tertiary alicyclic amines) is 1. The van der Waals surface area contributed by atoms with Crippen LogP contribution in [0.4, 0.5) is 0 Å². The largest absolute Gasteiger partial charge is 0.384 e. The molecular weight excluding hydrogens is 490 g/mol. The first kappa shape index (κ1) is 23.3. The SMILES string of the molecule is CN=C(NCCNC(=O)c1ccc(Cl)c(Cl)c1)N1CCC(COC)C1.I. The number of rotatable bonds is 6. The Balaban J connectivity index is 0.00000338. The second kappa shape index (κ2) is 11.8. The molecule has 1 aliphatic rings. The van der Waals surface area contributed by atoms with Crippen LogP contribution in [-0.4, -0.2) is 63.7 Å². The number of nitrogens with zero attached hydrogens (tertiary/aromatic N) is 2. The van der Waals surface area contributed by atoms with Gasteiger partial charge >= 0.3 is 0 Å². The number of ether oxygens (including phenoxy) is 1. The minimum atomic E-state index is -0.184. The van der Waals surface area contributed by atoms with E-state index in [9.17, 15) is 4.79 Å². The first-order valence-corrected chi connectivity index (χ1v) is 8.98. The summed E-state index contributed by atoms with van der Waals surface area (Å²) < 4.78 is 5.22. The maximum Gasteiger partial charge on any atom is 0.251 e. The van der Waals surface area contributed by atoms with Crippen molar-refractivity contribution >= 4 is 59.0 Å². The van der Waals surface area contributed by atoms with Gasteiger partial charge in [-0.25, -0.2) is 0 Å². The van der Waals surface area contributed by atoms with Crippen molar-refractivity contribution in [2.45, 2.75) is 6.42 Å². The number of carbonyl (C=O) groups is 1. The highest BCUT2D eigenvalue weighted by Gasteiger charge is 2.24. The first-order chi connectivity index (χ1) is 12.0. The Morgan fingerprint density at radius 3 is 2.69 bits per heavy atom. The lowest BCUT2D eigenvalue weighted by molar-refractivity contribution is 0.0954. The molecule has 1 aromatic rings. The molecule has 26 heavy (non-hydrogen) atoms. The molecular formula is C17H25Cl2IN4O2. The van der Waals surface area contributed by atoms with Gasteiger partial charge in [0.15, 0.2) is 5.96 Å². The van der Waals surface area contributed by atoms with Gasteiger partial charge in [0.05, 0.1) is 16.7 Å². The van der Waals surface area contributed by atoms with Crippen LogP contribution in [0.15, 0.2) is 23.2 Å². The lowest BCUT2D eigenvalue weighted by Crippen LogP contribution is -2.43. The van der Waals surface area contributed by atoms with Crippen LogP contribution in [0.5, 0.6) is 0 Å². The van der Waals surface area contributed by atoms with Gasteiger partial charge in [-0.05, 0) is 24.6 Å². The van der Waals surface area contributed by atoms with E-state index < -0.39 is 0 Å². The van der Waals surface area contributed by atoms with Crippen LogP contribution in [0.1, 0.15) is 16.8 Å². The number of halogens is 3. The zero-order chi connectivity index (χ0) is 18.2. The van der Waals surface area contributed by atoms with Crippen LogP contribution < -0.4 is 10.6 Å². The normalized spacial score (nSPS) is 17.0. The van der Waals surface area contributed by atoms with Crippen molar-refractivity contribution in [3.05, 3.63) is 33.8 Å². The standard InChI is InChI=1S/C17H24Cl2N4O2.HI/c1-20-17(23-8-5-12(10-23)11-25-2)22-7-6-21-16(24)13-3-4-14(18)15(19)9-13;/h3-4,9,12H,5-8,10-11H2,1-2H3,(H,20,22)(H,21,24);1H. The van der Waals surface area contributed by atoms with Crippen molar-refractivity contribution in [1.82, 2.24) is 15.5 Å². The minimum absolute atomic E-state index is 0. The van der Waals surface area contributed by atoms with Gasteiger partial charge in [-0.2, -0.15) is 0 Å². The summed E-state index contributed by atoms with van der Waals surface area (Å²) in [5, 5.41) is 6.92. The molecule has 9 heteroatoms. The number of guanidine groups is 1. The summed E-state index contributed by atoms with van der Waals surface area (Å²) in [4.78, 5) is 18.6. The fourth-order valence-corrected chi connectivity index (χ4v) is 3.12. The molecule has 2 N–H and O–H groups in total. The number of amides is 1. The molecule has 1 heterocycles. The highest BCUT2D eigenvalue weighted by molar-refractivity contribution is 14.0. The maximum atomic E-state index is 12.1. The summed E-state index contributed by atoms with van der Waals surface area (Å²) in [5.41, 5.74) is 0.487. The van der Waals surface area contributed by atoms with E-state index in [2.05, 4.69) is 20.5 Å². The van der Waals surface area contributed by atoms with Crippen LogP contribution in [0.25, 0.3) is 0 Å². The molecule has 146 valence electrons. The molecule has 0 saturated carbocycles. The van der Waals surface area contributed by atoms with Crippen LogP contribution in [0, 0.1) is 5.92 Å². The van der Waals surface area contributed by atoms with Crippen LogP contribution in [0.2, 0.25) is 10.0 Å². The van der Waals surface area contributed by atoms with Gasteiger partial charge in [-0.15, -0.1) is 24.0 Å². The molecule has 1 amide bonds. The number of nitrogens with one attached hydrogen (secondary N) is 2. The van der Waals surface area contributed by atoms with E-state index in [-0.39, 0.29) is 29.9 Å². The minimum Gasteiger partial charge on any atom is -0.384 e. The third-order valence-electron chi connectivity index (χ3n) is 4.08. The smallest absolute Gasteiger partial charge is 0.251 e. The molecule has 0 spiro atoms. The molecule has 0 radical (unpaired) electrons. The average Bonchev–Trinajstić information content (AvgIpc) is 3.06. The summed E-state index contributed by atoms with van der Waals surface area (Å²) in [6.45, 7) is 3.73. The molecule has 1 fully saturated rings. The number of hydrogen-bond acceptors (Lipinski definition) is 3. The molecule has 6 nitrogen and oxygen atoms in total. The Morgan fingerprint density at radius 2 is 2.04 bits per heavy atom. The molecule has 0 aliphatic carbocycles. The molecule has 1 aliphatic heterocycles. The van der Waals surface area contributed by atoms with E-state index in [0.29, 0.717) is 34.6 Å². The van der Waals surface area contributed by atoms with E-state index in [4.69, 9.17) is 27.9 Å². The quantitative estimate of drug-likeness (QED) is 0.265. The second-order valence-corrected chi connectivity index (χ2v) is 6.73. The number of methoxy groups -OCH3 is 1. The van der Waals surface area contributed by atoms with E-state index in [1.165, 1.54) is 0 Å². The average molecular weight is 515 g/mol. The van der Waals surface area contributed by atoms with E-state index in [0.717, 1.165) is 32.1 Å². The summed E-state index contributed by atoms with van der Waals surface area (Å²) in [6, 6.07) is 4.82. The van der Waals surface area contributed by atoms with Gasteiger partial charge in [0.1, 0.15) is 0 Å². The van der Waals surface area contributed by atoms with Crippen molar-refractivity contribution in [1.29, 1.82) is 0 Å². The molecule has 1 atom stereocenters. The van der Waals surface area contributed by atoms with E-state index in [1.54, 1.807) is 32.4 Å². The summed E-state index contributed by atoms with van der Waals surface area (Å²) in [7, 11) is 3.49. The van der Waals surface area contributed by atoms with Gasteiger partial charge in [0.25, 0.3) is 5.91 Å². The third-order valence-corrected chi connectivity index (χ3v) is 4.81. The van der Waals surface area contributed by atoms with E-state index in [1.807, 2.05) is 0 Å². The Morgan fingerprint density at radius 1 is 1.31 bits per heavy atom. The summed E-state index contributed by atoms with van der Waals surface area (Å²) in [6.07, 6.45) is 1.10. The van der Waals surface area contributed by atoms with Crippen molar-refractivity contribution in [3.63, 3.8) is 0 Å². The highest BCUT2D eigenvalue weighted by Crippen LogP contribution is 2.22. The van der Waals surface area contributed by atoms with Gasteiger partial charge in [0.2, 0.25) is 0 Å². The zero-order valence-corrected chi connectivity index (χ0v) is 18.8. The predicted molar refractivity (Wildman–Crippen MR) is 117 cm³/mol. The highest BCUT2D eigenvalue weighted by atomic mass is 127. The van der Waals surface area contributed by atoms with Gasteiger partial charge in [0, 0.05) is 51.8 Å². The summed E-state index contributed by atoms with van der Waals surface area (Å²) in [5.74, 6) is 1.21. The van der Waals surface area contributed by atoms with Gasteiger partial charge in [-0.3, -0.25) is 9.79 Å². The number of benzene rings is 1. The lowest BCUT2D eigenvalue weighted by atomic mass is 10.1. The van der Waals surface area contributed by atoms with Crippen molar-refractivity contribution in [3.8, 4) is 0 Å². The monoisotopic (exact) mass is 514 g/mol.